The van der Waals surface area contributed by atoms with Crippen LogP contribution in [0.5, 0.6) is 0 Å². The highest BCUT2D eigenvalue weighted by Gasteiger charge is 2.15. The molecule has 0 unspecified atom stereocenters. The summed E-state index contributed by atoms with van der Waals surface area (Å²) in [6.45, 7) is 3.57. The quantitative estimate of drug-likeness (QED) is 0.897. The number of furan rings is 1. The molecule has 0 saturated heterocycles. The fourth-order valence-corrected chi connectivity index (χ4v) is 2.01. The van der Waals surface area contributed by atoms with E-state index >= 15 is 0 Å². The highest BCUT2D eigenvalue weighted by Crippen LogP contribution is 2.13. The van der Waals surface area contributed by atoms with E-state index in [9.17, 15) is 9.59 Å². The molecule has 18 heavy (non-hydrogen) atoms. The minimum absolute atomic E-state index is 0.179. The summed E-state index contributed by atoms with van der Waals surface area (Å²) in [6, 6.07) is 3.09. The summed E-state index contributed by atoms with van der Waals surface area (Å²) < 4.78 is 6.37. The third-order valence-electron chi connectivity index (χ3n) is 2.90. The van der Waals surface area contributed by atoms with Crippen LogP contribution in [0.4, 0.5) is 0 Å². The maximum absolute atomic E-state index is 11.9. The molecule has 0 spiro atoms. The molecule has 0 amide bonds. The van der Waals surface area contributed by atoms with Gasteiger partial charge in [-0.2, -0.15) is 0 Å². The third-order valence-corrected chi connectivity index (χ3v) is 2.90. The number of aryl methyl sites for hydroxylation is 1. The first-order valence-corrected chi connectivity index (χ1v) is 5.46. The van der Waals surface area contributed by atoms with Gasteiger partial charge in [-0.05, 0) is 25.5 Å². The standard InChI is InChI=1S/C13H13NO4/c1-8-5-11(15)14(6-10-3-4-18-7-10)9(2)12(8)13(16)17/h3-5,7H,6H2,1-2H3,(H,16,17). The molecule has 2 aromatic heterocycles. The smallest absolute Gasteiger partial charge is 0.337 e. The summed E-state index contributed by atoms with van der Waals surface area (Å²) in [5.41, 5.74) is 1.72. The van der Waals surface area contributed by atoms with Crippen molar-refractivity contribution in [1.82, 2.24) is 4.57 Å². The maximum atomic E-state index is 11.9. The van der Waals surface area contributed by atoms with Crippen LogP contribution in [0.2, 0.25) is 0 Å². The Bertz CT molecular complexity index is 638. The number of hydrogen-bond donors (Lipinski definition) is 1. The SMILES string of the molecule is Cc1cc(=O)n(Cc2ccoc2)c(C)c1C(=O)O. The van der Waals surface area contributed by atoms with Gasteiger partial charge in [0.1, 0.15) is 0 Å². The average molecular weight is 247 g/mol. The van der Waals surface area contributed by atoms with Crippen molar-refractivity contribution in [3.8, 4) is 0 Å². The van der Waals surface area contributed by atoms with E-state index in [-0.39, 0.29) is 11.1 Å². The molecule has 2 heterocycles. The lowest BCUT2D eigenvalue weighted by atomic mass is 10.1. The van der Waals surface area contributed by atoms with Crippen LogP contribution in [0.1, 0.15) is 27.2 Å². The van der Waals surface area contributed by atoms with Gasteiger partial charge >= 0.3 is 5.97 Å². The van der Waals surface area contributed by atoms with Gasteiger partial charge in [0.25, 0.3) is 5.56 Å². The van der Waals surface area contributed by atoms with E-state index in [1.807, 2.05) is 0 Å². The van der Waals surface area contributed by atoms with Gasteiger partial charge in [0.15, 0.2) is 0 Å². The van der Waals surface area contributed by atoms with Crippen LogP contribution in [0.3, 0.4) is 0 Å². The molecule has 0 fully saturated rings. The molecule has 5 heteroatoms. The van der Waals surface area contributed by atoms with Crippen molar-refractivity contribution in [2.75, 3.05) is 0 Å². The van der Waals surface area contributed by atoms with Crippen LogP contribution in [0.15, 0.2) is 33.9 Å². The molecule has 0 bridgehead atoms. The lowest BCUT2D eigenvalue weighted by molar-refractivity contribution is 0.0694. The largest absolute Gasteiger partial charge is 0.478 e. The Labute approximate surface area is 103 Å². The van der Waals surface area contributed by atoms with Crippen molar-refractivity contribution in [2.45, 2.75) is 20.4 Å². The van der Waals surface area contributed by atoms with Gasteiger partial charge in [-0.15, -0.1) is 0 Å². The Balaban J connectivity index is 2.57. The van der Waals surface area contributed by atoms with Crippen molar-refractivity contribution in [3.63, 3.8) is 0 Å². The zero-order chi connectivity index (χ0) is 13.3. The number of pyridine rings is 1. The predicted molar refractivity (Wildman–Crippen MR) is 64.9 cm³/mol. The normalized spacial score (nSPS) is 10.6. The van der Waals surface area contributed by atoms with Gasteiger partial charge in [0.2, 0.25) is 0 Å². The lowest BCUT2D eigenvalue weighted by Crippen LogP contribution is -2.25. The number of nitrogens with zero attached hydrogens (tertiary/aromatic N) is 1. The summed E-state index contributed by atoms with van der Waals surface area (Å²) in [7, 11) is 0. The summed E-state index contributed by atoms with van der Waals surface area (Å²) in [5, 5.41) is 9.15. The zero-order valence-corrected chi connectivity index (χ0v) is 10.1. The van der Waals surface area contributed by atoms with E-state index in [2.05, 4.69) is 0 Å². The van der Waals surface area contributed by atoms with Crippen molar-refractivity contribution < 1.29 is 14.3 Å². The van der Waals surface area contributed by atoms with Crippen LogP contribution in [-0.2, 0) is 6.54 Å². The van der Waals surface area contributed by atoms with Gasteiger partial charge in [0, 0.05) is 17.3 Å². The average Bonchev–Trinajstić information content (AvgIpc) is 2.75. The Morgan fingerprint density at radius 1 is 1.44 bits per heavy atom. The number of rotatable bonds is 3. The molecule has 0 aliphatic heterocycles. The Hall–Kier alpha value is -2.30. The first kappa shape index (κ1) is 12.2. The van der Waals surface area contributed by atoms with Gasteiger partial charge < -0.3 is 14.1 Å². The molecule has 0 saturated carbocycles. The Kier molecular flexibility index (Phi) is 3.06. The molecule has 1 N–H and O–H groups in total. The number of carbonyl (C=O) groups is 1. The van der Waals surface area contributed by atoms with Crippen molar-refractivity contribution in [2.24, 2.45) is 0 Å². The molecule has 0 radical (unpaired) electrons. The molecule has 0 aromatic carbocycles. The van der Waals surface area contributed by atoms with E-state index in [1.165, 1.54) is 23.2 Å². The fraction of sp³-hybridized carbons (Fsp3) is 0.231. The monoisotopic (exact) mass is 247 g/mol. The number of hydrogen-bond acceptors (Lipinski definition) is 3. The van der Waals surface area contributed by atoms with Gasteiger partial charge in [-0.1, -0.05) is 0 Å². The van der Waals surface area contributed by atoms with Gasteiger partial charge in [0.05, 0.1) is 24.6 Å². The number of aromatic nitrogens is 1. The lowest BCUT2D eigenvalue weighted by Gasteiger charge is -2.13. The predicted octanol–water partition coefficient (Wildman–Crippen LogP) is 1.80. The Morgan fingerprint density at radius 3 is 2.72 bits per heavy atom. The van der Waals surface area contributed by atoms with E-state index in [0.29, 0.717) is 17.8 Å². The van der Waals surface area contributed by atoms with E-state index in [0.717, 1.165) is 5.56 Å². The van der Waals surface area contributed by atoms with E-state index in [4.69, 9.17) is 9.52 Å². The summed E-state index contributed by atoms with van der Waals surface area (Å²) in [5.74, 6) is -1.02. The van der Waals surface area contributed by atoms with E-state index in [1.54, 1.807) is 19.9 Å². The molecule has 0 aliphatic carbocycles. The van der Waals surface area contributed by atoms with E-state index < -0.39 is 5.97 Å². The molecule has 2 aromatic rings. The minimum atomic E-state index is -1.02. The van der Waals surface area contributed by atoms with Crippen LogP contribution in [0, 0.1) is 13.8 Å². The zero-order valence-electron chi connectivity index (χ0n) is 10.1. The maximum Gasteiger partial charge on any atom is 0.337 e. The first-order chi connectivity index (χ1) is 8.50. The second-order valence-electron chi connectivity index (χ2n) is 4.15. The second-order valence-corrected chi connectivity index (χ2v) is 4.15. The molecular weight excluding hydrogens is 234 g/mol. The van der Waals surface area contributed by atoms with Gasteiger partial charge in [-0.3, -0.25) is 4.79 Å². The van der Waals surface area contributed by atoms with Crippen LogP contribution in [0.25, 0.3) is 0 Å². The van der Waals surface area contributed by atoms with Crippen molar-refractivity contribution >= 4 is 5.97 Å². The van der Waals surface area contributed by atoms with Crippen molar-refractivity contribution in [1.29, 1.82) is 0 Å². The summed E-state index contributed by atoms with van der Waals surface area (Å²) >= 11 is 0. The second kappa shape index (κ2) is 4.52. The highest BCUT2D eigenvalue weighted by atomic mass is 16.4. The third kappa shape index (κ3) is 2.07. The summed E-state index contributed by atoms with van der Waals surface area (Å²) in [6.07, 6.45) is 3.05. The molecular formula is C13H13NO4. The van der Waals surface area contributed by atoms with Crippen LogP contribution < -0.4 is 5.56 Å². The first-order valence-electron chi connectivity index (χ1n) is 5.46. The molecule has 5 nitrogen and oxygen atoms in total. The number of carboxylic acid groups (broad SMARTS) is 1. The molecule has 0 aliphatic rings. The minimum Gasteiger partial charge on any atom is -0.478 e. The molecule has 0 atom stereocenters. The molecule has 94 valence electrons. The van der Waals surface area contributed by atoms with Gasteiger partial charge in [-0.25, -0.2) is 4.79 Å². The number of aromatic carboxylic acids is 1. The number of carboxylic acids is 1. The van der Waals surface area contributed by atoms with Crippen molar-refractivity contribution in [3.05, 3.63) is 57.4 Å². The molecule has 2 rings (SSSR count). The highest BCUT2D eigenvalue weighted by molar-refractivity contribution is 5.90. The Morgan fingerprint density at radius 2 is 2.17 bits per heavy atom. The van der Waals surface area contributed by atoms with Crippen LogP contribution in [-0.4, -0.2) is 15.6 Å². The summed E-state index contributed by atoms with van der Waals surface area (Å²) in [4.78, 5) is 23.1. The van der Waals surface area contributed by atoms with Crippen LogP contribution >= 0.6 is 0 Å². The topological polar surface area (TPSA) is 72.4 Å². The fourth-order valence-electron chi connectivity index (χ4n) is 2.01.